The van der Waals surface area contributed by atoms with Crippen molar-refractivity contribution >= 4 is 17.5 Å². The third kappa shape index (κ3) is 5.33. The Morgan fingerprint density at radius 3 is 2.48 bits per heavy atom. The third-order valence-electron chi connectivity index (χ3n) is 4.07. The van der Waals surface area contributed by atoms with Crippen molar-refractivity contribution in [1.82, 2.24) is 10.2 Å². The van der Waals surface area contributed by atoms with Crippen LogP contribution >= 0.6 is 11.6 Å². The minimum atomic E-state index is -0.0547. The van der Waals surface area contributed by atoms with Crippen LogP contribution in [0.15, 0.2) is 24.3 Å². The first kappa shape index (κ1) is 16.3. The Morgan fingerprint density at radius 2 is 1.81 bits per heavy atom. The molecule has 4 heteroatoms. The maximum atomic E-state index is 12.2. The van der Waals surface area contributed by atoms with Crippen molar-refractivity contribution in [2.24, 2.45) is 0 Å². The first-order valence-corrected chi connectivity index (χ1v) is 8.31. The van der Waals surface area contributed by atoms with E-state index in [1.165, 1.54) is 32.1 Å². The normalized spacial score (nSPS) is 18.6. The molecule has 1 aliphatic heterocycles. The summed E-state index contributed by atoms with van der Waals surface area (Å²) in [5.41, 5.74) is 0.972. The molecule has 1 aliphatic rings. The molecule has 1 fully saturated rings. The average molecular weight is 309 g/mol. The van der Waals surface area contributed by atoms with Gasteiger partial charge in [0.1, 0.15) is 0 Å². The van der Waals surface area contributed by atoms with Crippen LogP contribution in [0.25, 0.3) is 0 Å². The number of hydrogen-bond acceptors (Lipinski definition) is 2. The zero-order chi connectivity index (χ0) is 15.1. The molecule has 0 aliphatic carbocycles. The van der Waals surface area contributed by atoms with E-state index in [4.69, 9.17) is 11.6 Å². The highest BCUT2D eigenvalue weighted by molar-refractivity contribution is 6.31. The van der Waals surface area contributed by atoms with Crippen LogP contribution in [-0.2, 0) is 4.79 Å². The number of hydrogen-bond donors (Lipinski definition) is 1. The van der Waals surface area contributed by atoms with E-state index >= 15 is 0 Å². The van der Waals surface area contributed by atoms with E-state index in [9.17, 15) is 4.79 Å². The van der Waals surface area contributed by atoms with E-state index in [1.807, 2.05) is 31.2 Å². The maximum Gasteiger partial charge on any atom is 0.234 e. The van der Waals surface area contributed by atoms with Gasteiger partial charge in [0.05, 0.1) is 12.6 Å². The molecule has 0 radical (unpaired) electrons. The molecule has 1 aromatic carbocycles. The Labute approximate surface area is 132 Å². The van der Waals surface area contributed by atoms with Crippen molar-refractivity contribution in [3.05, 3.63) is 34.9 Å². The number of nitrogens with zero attached hydrogens (tertiary/aromatic N) is 1. The van der Waals surface area contributed by atoms with E-state index in [-0.39, 0.29) is 11.9 Å². The van der Waals surface area contributed by atoms with Gasteiger partial charge < -0.3 is 5.32 Å². The number of carbonyl (C=O) groups excluding carboxylic acids is 1. The highest BCUT2D eigenvalue weighted by Crippen LogP contribution is 2.22. The molecule has 1 aromatic rings. The summed E-state index contributed by atoms with van der Waals surface area (Å²) >= 11 is 6.17. The second-order valence-corrected chi connectivity index (χ2v) is 6.26. The molecule has 1 saturated heterocycles. The van der Waals surface area contributed by atoms with E-state index in [0.29, 0.717) is 11.6 Å². The summed E-state index contributed by atoms with van der Waals surface area (Å²) in [6, 6.07) is 7.62. The minimum Gasteiger partial charge on any atom is -0.348 e. The Kier molecular flexibility index (Phi) is 6.52. The second-order valence-electron chi connectivity index (χ2n) is 5.85. The summed E-state index contributed by atoms with van der Waals surface area (Å²) in [6.45, 7) is 4.54. The van der Waals surface area contributed by atoms with Gasteiger partial charge in [-0.25, -0.2) is 0 Å². The number of likely N-dealkylation sites (tertiary alicyclic amines) is 1. The van der Waals surface area contributed by atoms with Crippen LogP contribution in [0.1, 0.15) is 50.6 Å². The average Bonchev–Trinajstić information content (AvgIpc) is 2.42. The van der Waals surface area contributed by atoms with Crippen LogP contribution in [-0.4, -0.2) is 30.4 Å². The lowest BCUT2D eigenvalue weighted by atomic mass is 10.1. The Balaban J connectivity index is 1.84. The van der Waals surface area contributed by atoms with Crippen molar-refractivity contribution in [2.75, 3.05) is 19.6 Å². The molecule has 116 valence electrons. The molecular formula is C17H25ClN2O. The molecule has 0 aromatic heterocycles. The summed E-state index contributed by atoms with van der Waals surface area (Å²) < 4.78 is 0. The topological polar surface area (TPSA) is 32.3 Å². The van der Waals surface area contributed by atoms with E-state index < -0.39 is 0 Å². The standard InChI is InChI=1S/C17H25ClN2O/c1-14(15-9-5-6-10-16(15)18)19-17(21)13-20-11-7-3-2-4-8-12-20/h5-6,9-10,14H,2-4,7-8,11-13H2,1H3,(H,19,21). The Morgan fingerprint density at radius 1 is 1.19 bits per heavy atom. The monoisotopic (exact) mass is 308 g/mol. The zero-order valence-electron chi connectivity index (χ0n) is 12.8. The summed E-state index contributed by atoms with van der Waals surface area (Å²) in [6.07, 6.45) is 6.31. The van der Waals surface area contributed by atoms with Crippen LogP contribution in [0.2, 0.25) is 5.02 Å². The number of carbonyl (C=O) groups is 1. The Bertz CT molecular complexity index is 456. The lowest BCUT2D eigenvalue weighted by Gasteiger charge is -2.25. The first-order valence-electron chi connectivity index (χ1n) is 7.93. The van der Waals surface area contributed by atoms with E-state index in [1.54, 1.807) is 0 Å². The molecule has 3 nitrogen and oxygen atoms in total. The molecule has 21 heavy (non-hydrogen) atoms. The van der Waals surface area contributed by atoms with Gasteiger partial charge in [-0.1, -0.05) is 49.1 Å². The molecule has 1 N–H and O–H groups in total. The van der Waals surface area contributed by atoms with Gasteiger partial charge in [-0.3, -0.25) is 9.69 Å². The summed E-state index contributed by atoms with van der Waals surface area (Å²) in [5.74, 6) is 0.0861. The SMILES string of the molecule is CC(NC(=O)CN1CCCCCCC1)c1ccccc1Cl. The van der Waals surface area contributed by atoms with Gasteiger partial charge in [-0.05, 0) is 44.5 Å². The molecule has 0 bridgehead atoms. The summed E-state index contributed by atoms with van der Waals surface area (Å²) in [4.78, 5) is 14.5. The van der Waals surface area contributed by atoms with Crippen molar-refractivity contribution in [3.63, 3.8) is 0 Å². The summed E-state index contributed by atoms with van der Waals surface area (Å²) in [5, 5.41) is 3.76. The van der Waals surface area contributed by atoms with Gasteiger partial charge >= 0.3 is 0 Å². The highest BCUT2D eigenvalue weighted by Gasteiger charge is 2.15. The van der Waals surface area contributed by atoms with Crippen LogP contribution < -0.4 is 5.32 Å². The van der Waals surface area contributed by atoms with Gasteiger partial charge in [-0.15, -0.1) is 0 Å². The largest absolute Gasteiger partial charge is 0.348 e. The number of rotatable bonds is 4. The number of nitrogens with one attached hydrogen (secondary N) is 1. The molecule has 1 amide bonds. The first-order chi connectivity index (χ1) is 10.2. The quantitative estimate of drug-likeness (QED) is 0.918. The van der Waals surface area contributed by atoms with E-state index in [2.05, 4.69) is 10.2 Å². The fourth-order valence-electron chi connectivity index (χ4n) is 2.87. The predicted octanol–water partition coefficient (Wildman–Crippen LogP) is 3.78. The number of halogens is 1. The van der Waals surface area contributed by atoms with Gasteiger partial charge in [-0.2, -0.15) is 0 Å². The van der Waals surface area contributed by atoms with Crippen LogP contribution in [0.4, 0.5) is 0 Å². The molecule has 0 spiro atoms. The third-order valence-corrected chi connectivity index (χ3v) is 4.41. The van der Waals surface area contributed by atoms with Crippen molar-refractivity contribution < 1.29 is 4.79 Å². The molecule has 1 heterocycles. The molecule has 0 saturated carbocycles. The molecule has 2 rings (SSSR count). The van der Waals surface area contributed by atoms with Crippen LogP contribution in [0.5, 0.6) is 0 Å². The predicted molar refractivity (Wildman–Crippen MR) is 87.5 cm³/mol. The lowest BCUT2D eigenvalue weighted by Crippen LogP contribution is -2.39. The minimum absolute atomic E-state index is 0.0547. The van der Waals surface area contributed by atoms with Gasteiger partial charge in [0, 0.05) is 5.02 Å². The summed E-state index contributed by atoms with van der Waals surface area (Å²) in [7, 11) is 0. The van der Waals surface area contributed by atoms with E-state index in [0.717, 1.165) is 18.7 Å². The van der Waals surface area contributed by atoms with Crippen LogP contribution in [0, 0.1) is 0 Å². The van der Waals surface area contributed by atoms with Gasteiger partial charge in [0.2, 0.25) is 5.91 Å². The fourth-order valence-corrected chi connectivity index (χ4v) is 3.16. The van der Waals surface area contributed by atoms with Gasteiger partial charge in [0.25, 0.3) is 0 Å². The lowest BCUT2D eigenvalue weighted by molar-refractivity contribution is -0.123. The molecule has 1 unspecified atom stereocenters. The number of amides is 1. The van der Waals surface area contributed by atoms with Crippen molar-refractivity contribution in [2.45, 2.75) is 45.1 Å². The van der Waals surface area contributed by atoms with Crippen molar-refractivity contribution in [3.8, 4) is 0 Å². The van der Waals surface area contributed by atoms with Crippen LogP contribution in [0.3, 0.4) is 0 Å². The maximum absolute atomic E-state index is 12.2. The highest BCUT2D eigenvalue weighted by atomic mass is 35.5. The zero-order valence-corrected chi connectivity index (χ0v) is 13.5. The van der Waals surface area contributed by atoms with Crippen molar-refractivity contribution in [1.29, 1.82) is 0 Å². The Hall–Kier alpha value is -1.06. The number of benzene rings is 1. The van der Waals surface area contributed by atoms with Gasteiger partial charge in [0.15, 0.2) is 0 Å². The second kappa shape index (κ2) is 8.40. The molecular weight excluding hydrogens is 284 g/mol. The fraction of sp³-hybridized carbons (Fsp3) is 0.588. The smallest absolute Gasteiger partial charge is 0.234 e. The molecule has 1 atom stereocenters.